The summed E-state index contributed by atoms with van der Waals surface area (Å²) in [5.74, 6) is -1.14. The Morgan fingerprint density at radius 2 is 1.89 bits per heavy atom. The van der Waals surface area contributed by atoms with Crippen molar-refractivity contribution < 1.29 is 37.0 Å². The summed E-state index contributed by atoms with van der Waals surface area (Å²) in [6, 6.07) is 10.3. The maximum absolute atomic E-state index is 13.0. The maximum atomic E-state index is 13.0. The van der Waals surface area contributed by atoms with Crippen LogP contribution in [0.2, 0.25) is 0 Å². The zero-order chi connectivity index (χ0) is 27.3. The maximum Gasteiger partial charge on any atom is 0.573 e. The third-order valence-electron chi connectivity index (χ3n) is 5.09. The van der Waals surface area contributed by atoms with Gasteiger partial charge < -0.3 is 24.8 Å². The molecule has 2 amide bonds. The summed E-state index contributed by atoms with van der Waals surface area (Å²) >= 11 is 0. The molecule has 3 heterocycles. The first-order chi connectivity index (χ1) is 18.2. The number of carbonyl (C=O) groups excluding carboxylic acids is 2. The molecule has 0 spiro atoms. The number of para-hydroxylation sites is 1. The lowest BCUT2D eigenvalue weighted by Crippen LogP contribution is -2.25. The van der Waals surface area contributed by atoms with Gasteiger partial charge in [-0.1, -0.05) is 18.2 Å². The highest BCUT2D eigenvalue weighted by Gasteiger charge is 2.32. The van der Waals surface area contributed by atoms with Crippen LogP contribution in [0.5, 0.6) is 11.6 Å². The molecule has 0 saturated carbocycles. The third kappa shape index (κ3) is 6.34. The second-order valence-corrected chi connectivity index (χ2v) is 7.75. The minimum atomic E-state index is -4.87. The van der Waals surface area contributed by atoms with Crippen LogP contribution < -0.4 is 20.1 Å². The molecule has 38 heavy (non-hydrogen) atoms. The molecule has 0 aliphatic rings. The molecular weight excluding hydrogens is 509 g/mol. The van der Waals surface area contributed by atoms with Crippen molar-refractivity contribution in [2.24, 2.45) is 0 Å². The number of nitrogens with zero attached hydrogens (tertiary/aromatic N) is 4. The first-order valence-corrected chi connectivity index (χ1v) is 11.0. The van der Waals surface area contributed by atoms with Gasteiger partial charge in [0.2, 0.25) is 5.88 Å². The average molecular weight is 530 g/mol. The van der Waals surface area contributed by atoms with Crippen LogP contribution in [-0.4, -0.2) is 58.6 Å². The molecule has 0 radical (unpaired) electrons. The van der Waals surface area contributed by atoms with E-state index in [0.29, 0.717) is 16.9 Å². The molecule has 4 rings (SSSR count). The molecule has 2 N–H and O–H groups in total. The first kappa shape index (κ1) is 26.3. The van der Waals surface area contributed by atoms with Gasteiger partial charge in [-0.3, -0.25) is 9.59 Å². The molecule has 0 fully saturated rings. The van der Waals surface area contributed by atoms with Crippen LogP contribution >= 0.6 is 0 Å². The number of methoxy groups -OCH3 is 2. The molecular formula is C24H21F3N6O5. The van der Waals surface area contributed by atoms with Gasteiger partial charge in [-0.15, -0.1) is 13.2 Å². The van der Waals surface area contributed by atoms with Crippen molar-refractivity contribution in [1.29, 1.82) is 0 Å². The lowest BCUT2D eigenvalue weighted by atomic mass is 10.1. The number of hydrogen-bond donors (Lipinski definition) is 2. The zero-order valence-corrected chi connectivity index (χ0v) is 20.1. The topological polar surface area (TPSA) is 129 Å². The number of rotatable bonds is 9. The van der Waals surface area contributed by atoms with E-state index in [-0.39, 0.29) is 41.9 Å². The fourth-order valence-corrected chi connectivity index (χ4v) is 3.47. The summed E-state index contributed by atoms with van der Waals surface area (Å²) in [7, 11) is 2.73. The molecule has 14 heteroatoms. The van der Waals surface area contributed by atoms with Crippen molar-refractivity contribution >= 4 is 23.3 Å². The van der Waals surface area contributed by atoms with Gasteiger partial charge in [0.1, 0.15) is 17.9 Å². The molecule has 0 unspecified atom stereocenters. The summed E-state index contributed by atoms with van der Waals surface area (Å²) < 4.78 is 53.6. The standard InChI is InChI=1S/C24H21F3N6O5/c1-36-13-21(34)31-19-12-33-20(30-19)8-7-17(32-33)15-9-16(23(37-2)29-11-15)22(35)28-10-14-5-3-4-6-18(14)38-24(25,26)27/h3-9,11-12H,10,13H2,1-2H3,(H,28,35)(H,31,34). The quantitative estimate of drug-likeness (QED) is 0.338. The summed E-state index contributed by atoms with van der Waals surface area (Å²) in [6.45, 7) is -0.370. The van der Waals surface area contributed by atoms with E-state index >= 15 is 0 Å². The largest absolute Gasteiger partial charge is 0.573 e. The monoisotopic (exact) mass is 530 g/mol. The predicted octanol–water partition coefficient (Wildman–Crippen LogP) is 3.21. The molecule has 0 saturated heterocycles. The van der Waals surface area contributed by atoms with E-state index in [0.717, 1.165) is 6.07 Å². The van der Waals surface area contributed by atoms with Crippen LogP contribution in [0.15, 0.2) is 54.9 Å². The van der Waals surface area contributed by atoms with Crippen LogP contribution in [0.25, 0.3) is 16.9 Å². The Balaban J connectivity index is 1.56. The van der Waals surface area contributed by atoms with Gasteiger partial charge in [0.05, 0.1) is 19.0 Å². The second-order valence-electron chi connectivity index (χ2n) is 7.75. The van der Waals surface area contributed by atoms with E-state index in [4.69, 9.17) is 9.47 Å². The van der Waals surface area contributed by atoms with Crippen molar-refractivity contribution in [1.82, 2.24) is 24.9 Å². The van der Waals surface area contributed by atoms with Crippen LogP contribution in [0.1, 0.15) is 15.9 Å². The van der Waals surface area contributed by atoms with Gasteiger partial charge in [-0.2, -0.15) is 5.10 Å². The van der Waals surface area contributed by atoms with Gasteiger partial charge in [-0.05, 0) is 24.3 Å². The SMILES string of the molecule is COCC(=O)Nc1cn2nc(-c3cnc(OC)c(C(=O)NCc4ccccc4OC(F)(F)F)c3)ccc2n1. The van der Waals surface area contributed by atoms with Gasteiger partial charge in [0, 0.05) is 31.0 Å². The molecule has 0 aliphatic carbocycles. The van der Waals surface area contributed by atoms with Gasteiger partial charge in [0.15, 0.2) is 11.5 Å². The molecule has 3 aromatic heterocycles. The fourth-order valence-electron chi connectivity index (χ4n) is 3.47. The summed E-state index contributed by atoms with van der Waals surface area (Å²) in [5, 5.41) is 9.60. The van der Waals surface area contributed by atoms with Crippen molar-refractivity contribution in [3.8, 4) is 22.9 Å². The molecule has 4 aromatic rings. The second kappa shape index (κ2) is 11.1. The van der Waals surface area contributed by atoms with E-state index in [1.165, 1.54) is 55.4 Å². The highest BCUT2D eigenvalue weighted by atomic mass is 19.4. The number of pyridine rings is 1. The Kier molecular flexibility index (Phi) is 7.71. The molecule has 1 aromatic carbocycles. The Morgan fingerprint density at radius 3 is 2.63 bits per heavy atom. The number of ether oxygens (including phenoxy) is 3. The zero-order valence-electron chi connectivity index (χ0n) is 20.1. The third-order valence-corrected chi connectivity index (χ3v) is 5.09. The Labute approximate surface area is 213 Å². The number of nitrogens with one attached hydrogen (secondary N) is 2. The Hall–Kier alpha value is -4.72. The smallest absolute Gasteiger partial charge is 0.480 e. The van der Waals surface area contributed by atoms with Gasteiger partial charge >= 0.3 is 6.36 Å². The van der Waals surface area contributed by atoms with Crippen molar-refractivity contribution in [2.45, 2.75) is 12.9 Å². The van der Waals surface area contributed by atoms with Crippen molar-refractivity contribution in [3.05, 3.63) is 66.0 Å². The fraction of sp³-hybridized carbons (Fsp3) is 0.208. The number of alkyl halides is 3. The van der Waals surface area contributed by atoms with E-state index in [1.807, 2.05) is 0 Å². The normalized spacial score (nSPS) is 11.3. The minimum absolute atomic E-state index is 0.0120. The van der Waals surface area contributed by atoms with Gasteiger partial charge in [-0.25, -0.2) is 14.5 Å². The highest BCUT2D eigenvalue weighted by molar-refractivity contribution is 5.97. The number of anilines is 1. The number of hydrogen-bond acceptors (Lipinski definition) is 8. The van der Waals surface area contributed by atoms with Crippen LogP contribution in [0.4, 0.5) is 19.0 Å². The van der Waals surface area contributed by atoms with Crippen LogP contribution in [0.3, 0.4) is 0 Å². The number of halogens is 3. The number of amides is 2. The van der Waals surface area contributed by atoms with E-state index in [9.17, 15) is 22.8 Å². The van der Waals surface area contributed by atoms with E-state index < -0.39 is 18.0 Å². The number of aromatic nitrogens is 4. The molecule has 11 nitrogen and oxygen atoms in total. The number of benzene rings is 1. The predicted molar refractivity (Wildman–Crippen MR) is 128 cm³/mol. The van der Waals surface area contributed by atoms with E-state index in [1.54, 1.807) is 12.1 Å². The molecule has 198 valence electrons. The molecule has 0 aliphatic heterocycles. The number of fused-ring (bicyclic) bond motifs is 1. The highest BCUT2D eigenvalue weighted by Crippen LogP contribution is 2.27. The van der Waals surface area contributed by atoms with E-state index in [2.05, 4.69) is 30.4 Å². The Morgan fingerprint density at radius 1 is 1.11 bits per heavy atom. The van der Waals surface area contributed by atoms with Crippen molar-refractivity contribution in [2.75, 3.05) is 26.1 Å². The first-order valence-electron chi connectivity index (χ1n) is 11.0. The average Bonchev–Trinajstić information content (AvgIpc) is 3.28. The Bertz CT molecular complexity index is 1470. The summed E-state index contributed by atoms with van der Waals surface area (Å²) in [6.07, 6.45) is -1.91. The summed E-state index contributed by atoms with van der Waals surface area (Å²) in [5.41, 5.74) is 1.51. The number of carbonyl (C=O) groups is 2. The van der Waals surface area contributed by atoms with Crippen LogP contribution in [0, 0.1) is 0 Å². The number of imidazole rings is 1. The molecule has 0 bridgehead atoms. The summed E-state index contributed by atoms with van der Waals surface area (Å²) in [4.78, 5) is 33.1. The van der Waals surface area contributed by atoms with Crippen molar-refractivity contribution in [3.63, 3.8) is 0 Å². The molecule has 0 atom stereocenters. The lowest BCUT2D eigenvalue weighted by molar-refractivity contribution is -0.274. The van der Waals surface area contributed by atoms with Crippen LogP contribution in [-0.2, 0) is 16.1 Å². The lowest BCUT2D eigenvalue weighted by Gasteiger charge is -2.14. The van der Waals surface area contributed by atoms with Gasteiger partial charge in [0.25, 0.3) is 11.8 Å². The minimum Gasteiger partial charge on any atom is -0.480 e.